The van der Waals surface area contributed by atoms with Crippen LogP contribution in [0.3, 0.4) is 0 Å². The fourth-order valence-corrected chi connectivity index (χ4v) is 4.28. The number of nitrogens with one attached hydrogen (secondary N) is 2. The van der Waals surface area contributed by atoms with Crippen LogP contribution in [-0.2, 0) is 16.0 Å². The van der Waals surface area contributed by atoms with Gasteiger partial charge in [0.05, 0.1) is 11.3 Å². The molecule has 6 nitrogen and oxygen atoms in total. The minimum absolute atomic E-state index is 0.0461. The number of piperidine rings is 1. The van der Waals surface area contributed by atoms with Gasteiger partial charge in [-0.05, 0) is 48.6 Å². The number of anilines is 1. The second-order valence-electron chi connectivity index (χ2n) is 8.87. The summed E-state index contributed by atoms with van der Waals surface area (Å²) < 4.78 is 0. The van der Waals surface area contributed by atoms with E-state index in [2.05, 4.69) is 10.6 Å². The van der Waals surface area contributed by atoms with E-state index in [1.165, 1.54) is 0 Å². The first kappa shape index (κ1) is 24.9. The van der Waals surface area contributed by atoms with Gasteiger partial charge >= 0.3 is 0 Å². The van der Waals surface area contributed by atoms with E-state index in [0.29, 0.717) is 43.7 Å². The standard InChI is InChI=1S/C30H31N3O3/c34-28(16-15-23-9-3-1-4-10-23)33-21-18-25(19-22-33)29(35)32-27-14-8-7-13-26(27)30(36)31-20-17-24-11-5-2-6-12-24/h1-16,25H,17-22H2,(H,31,36)(H,32,35)/b16-15+. The molecule has 4 rings (SSSR count). The molecule has 0 spiro atoms. The minimum atomic E-state index is -0.215. The molecule has 1 saturated heterocycles. The van der Waals surface area contributed by atoms with Gasteiger partial charge < -0.3 is 15.5 Å². The van der Waals surface area contributed by atoms with Crippen molar-refractivity contribution in [2.75, 3.05) is 25.0 Å². The molecule has 2 N–H and O–H groups in total. The summed E-state index contributed by atoms with van der Waals surface area (Å²) in [6.45, 7) is 1.56. The molecular formula is C30H31N3O3. The molecule has 36 heavy (non-hydrogen) atoms. The van der Waals surface area contributed by atoms with Gasteiger partial charge in [0.2, 0.25) is 11.8 Å². The molecule has 0 bridgehead atoms. The summed E-state index contributed by atoms with van der Waals surface area (Å²) in [5.74, 6) is -0.588. The largest absolute Gasteiger partial charge is 0.352 e. The van der Waals surface area contributed by atoms with Crippen LogP contribution in [-0.4, -0.2) is 42.3 Å². The van der Waals surface area contributed by atoms with Crippen molar-refractivity contribution < 1.29 is 14.4 Å². The first-order valence-corrected chi connectivity index (χ1v) is 12.3. The monoisotopic (exact) mass is 481 g/mol. The SMILES string of the molecule is O=C(NCCc1ccccc1)c1ccccc1NC(=O)C1CCN(C(=O)/C=C/c2ccccc2)CC1. The second kappa shape index (κ2) is 12.5. The fraction of sp³-hybridized carbons (Fsp3) is 0.233. The summed E-state index contributed by atoms with van der Waals surface area (Å²) in [5, 5.41) is 5.88. The highest BCUT2D eigenvalue weighted by Crippen LogP contribution is 2.22. The Labute approximate surface area is 212 Å². The molecule has 3 aromatic carbocycles. The number of hydrogen-bond acceptors (Lipinski definition) is 3. The smallest absolute Gasteiger partial charge is 0.253 e. The van der Waals surface area contributed by atoms with Crippen LogP contribution in [0.4, 0.5) is 5.69 Å². The molecule has 1 aliphatic heterocycles. The number of hydrogen-bond donors (Lipinski definition) is 2. The number of nitrogens with zero attached hydrogens (tertiary/aromatic N) is 1. The minimum Gasteiger partial charge on any atom is -0.352 e. The number of benzene rings is 3. The van der Waals surface area contributed by atoms with E-state index in [0.717, 1.165) is 17.5 Å². The lowest BCUT2D eigenvalue weighted by atomic mass is 9.95. The van der Waals surface area contributed by atoms with Crippen molar-refractivity contribution in [3.63, 3.8) is 0 Å². The van der Waals surface area contributed by atoms with Crippen LogP contribution >= 0.6 is 0 Å². The van der Waals surface area contributed by atoms with Gasteiger partial charge in [-0.2, -0.15) is 0 Å². The predicted molar refractivity (Wildman–Crippen MR) is 142 cm³/mol. The zero-order valence-corrected chi connectivity index (χ0v) is 20.2. The zero-order chi connectivity index (χ0) is 25.2. The average molecular weight is 482 g/mol. The molecule has 3 amide bonds. The molecule has 0 aromatic heterocycles. The van der Waals surface area contributed by atoms with Crippen LogP contribution < -0.4 is 10.6 Å². The Balaban J connectivity index is 1.27. The Kier molecular flexibility index (Phi) is 8.65. The summed E-state index contributed by atoms with van der Waals surface area (Å²) in [4.78, 5) is 40.1. The van der Waals surface area contributed by atoms with Crippen molar-refractivity contribution in [1.29, 1.82) is 0 Å². The number of carbonyl (C=O) groups is 3. The van der Waals surface area contributed by atoms with Gasteiger partial charge in [0.1, 0.15) is 0 Å². The van der Waals surface area contributed by atoms with E-state index in [-0.39, 0.29) is 23.6 Å². The number of carbonyl (C=O) groups excluding carboxylic acids is 3. The third-order valence-electron chi connectivity index (χ3n) is 6.37. The molecule has 1 heterocycles. The molecule has 0 unspecified atom stereocenters. The lowest BCUT2D eigenvalue weighted by Gasteiger charge is -2.30. The molecule has 0 radical (unpaired) electrons. The van der Waals surface area contributed by atoms with Crippen LogP contribution in [0.2, 0.25) is 0 Å². The molecule has 6 heteroatoms. The van der Waals surface area contributed by atoms with Crippen molar-refractivity contribution in [3.8, 4) is 0 Å². The Morgan fingerprint density at radius 2 is 1.47 bits per heavy atom. The van der Waals surface area contributed by atoms with Gasteiger partial charge in [0.15, 0.2) is 0 Å². The van der Waals surface area contributed by atoms with Crippen LogP contribution in [0, 0.1) is 5.92 Å². The molecule has 1 fully saturated rings. The highest BCUT2D eigenvalue weighted by atomic mass is 16.2. The van der Waals surface area contributed by atoms with Crippen molar-refractivity contribution in [2.45, 2.75) is 19.3 Å². The summed E-state index contributed by atoms with van der Waals surface area (Å²) in [6.07, 6.45) is 5.30. The highest BCUT2D eigenvalue weighted by Gasteiger charge is 2.27. The predicted octanol–water partition coefficient (Wildman–Crippen LogP) is 4.55. The molecule has 0 aliphatic carbocycles. The molecule has 184 valence electrons. The van der Waals surface area contributed by atoms with Crippen LogP contribution in [0.15, 0.2) is 91.0 Å². The lowest BCUT2D eigenvalue weighted by molar-refractivity contribution is -0.130. The quantitative estimate of drug-likeness (QED) is 0.464. The van der Waals surface area contributed by atoms with Gasteiger partial charge in [-0.25, -0.2) is 0 Å². The zero-order valence-electron chi connectivity index (χ0n) is 20.2. The van der Waals surface area contributed by atoms with Gasteiger partial charge in [0.25, 0.3) is 5.91 Å². The van der Waals surface area contributed by atoms with Gasteiger partial charge in [-0.1, -0.05) is 72.8 Å². The third-order valence-corrected chi connectivity index (χ3v) is 6.37. The number of likely N-dealkylation sites (tertiary alicyclic amines) is 1. The Morgan fingerprint density at radius 3 is 2.19 bits per heavy atom. The normalized spacial score (nSPS) is 13.9. The van der Waals surface area contributed by atoms with Crippen molar-refractivity contribution >= 4 is 29.5 Å². The Morgan fingerprint density at radius 1 is 0.833 bits per heavy atom. The molecule has 0 atom stereocenters. The Bertz CT molecular complexity index is 1200. The topological polar surface area (TPSA) is 78.5 Å². The highest BCUT2D eigenvalue weighted by molar-refractivity contribution is 6.04. The number of amides is 3. The lowest BCUT2D eigenvalue weighted by Crippen LogP contribution is -2.41. The van der Waals surface area contributed by atoms with E-state index in [4.69, 9.17) is 0 Å². The average Bonchev–Trinajstić information content (AvgIpc) is 2.93. The van der Waals surface area contributed by atoms with Gasteiger partial charge in [-0.15, -0.1) is 0 Å². The summed E-state index contributed by atoms with van der Waals surface area (Å²) in [7, 11) is 0. The van der Waals surface area contributed by atoms with Crippen LogP contribution in [0.25, 0.3) is 6.08 Å². The van der Waals surface area contributed by atoms with Crippen molar-refractivity contribution in [1.82, 2.24) is 10.2 Å². The first-order valence-electron chi connectivity index (χ1n) is 12.3. The third kappa shape index (κ3) is 6.92. The maximum Gasteiger partial charge on any atom is 0.253 e. The van der Waals surface area contributed by atoms with Crippen molar-refractivity contribution in [2.24, 2.45) is 5.92 Å². The van der Waals surface area contributed by atoms with Crippen molar-refractivity contribution in [3.05, 3.63) is 108 Å². The van der Waals surface area contributed by atoms with E-state index in [9.17, 15) is 14.4 Å². The van der Waals surface area contributed by atoms with E-state index >= 15 is 0 Å². The molecule has 0 saturated carbocycles. The number of para-hydroxylation sites is 1. The Hall–Kier alpha value is -4.19. The molecular weight excluding hydrogens is 450 g/mol. The summed E-state index contributed by atoms with van der Waals surface area (Å²) in [5.41, 5.74) is 3.07. The van der Waals surface area contributed by atoms with E-state index in [1.54, 1.807) is 35.2 Å². The molecule has 1 aliphatic rings. The van der Waals surface area contributed by atoms with Crippen LogP contribution in [0.1, 0.15) is 34.3 Å². The van der Waals surface area contributed by atoms with E-state index < -0.39 is 0 Å². The van der Waals surface area contributed by atoms with Gasteiger partial charge in [-0.3, -0.25) is 14.4 Å². The van der Waals surface area contributed by atoms with E-state index in [1.807, 2.05) is 66.7 Å². The van der Waals surface area contributed by atoms with Gasteiger partial charge in [0, 0.05) is 31.6 Å². The first-order chi connectivity index (χ1) is 17.6. The molecule has 3 aromatic rings. The number of rotatable bonds is 8. The maximum atomic E-state index is 13.0. The van der Waals surface area contributed by atoms with Crippen LogP contribution in [0.5, 0.6) is 0 Å². The second-order valence-corrected chi connectivity index (χ2v) is 8.87. The maximum absolute atomic E-state index is 13.0. The summed E-state index contributed by atoms with van der Waals surface area (Å²) >= 11 is 0. The fourth-order valence-electron chi connectivity index (χ4n) is 4.28. The summed E-state index contributed by atoms with van der Waals surface area (Å²) in [6, 6.07) is 26.7.